The van der Waals surface area contributed by atoms with E-state index in [1.54, 1.807) is 4.90 Å². The Hall–Kier alpha value is -2.01. The highest BCUT2D eigenvalue weighted by molar-refractivity contribution is 7.91. The first kappa shape index (κ1) is 22.2. The minimum Gasteiger partial charge on any atom is -0.369 e. The summed E-state index contributed by atoms with van der Waals surface area (Å²) in [4.78, 5) is 17.6. The van der Waals surface area contributed by atoms with E-state index in [0.29, 0.717) is 36.8 Å². The highest BCUT2D eigenvalue weighted by Gasteiger charge is 2.25. The maximum atomic E-state index is 11.8. The van der Waals surface area contributed by atoms with Gasteiger partial charge in [-0.2, -0.15) is 4.37 Å². The summed E-state index contributed by atoms with van der Waals surface area (Å²) in [5.74, 6) is 0.996. The lowest BCUT2D eigenvalue weighted by atomic mass is 10.0. The van der Waals surface area contributed by atoms with Crippen LogP contribution in [0.1, 0.15) is 17.8 Å². The van der Waals surface area contributed by atoms with Crippen LogP contribution in [0, 0.1) is 5.92 Å². The van der Waals surface area contributed by atoms with Gasteiger partial charge in [-0.25, -0.2) is 13.4 Å². The number of para-hydroxylation sites is 1. The monoisotopic (exact) mass is 481 g/mol. The molecule has 0 bridgehead atoms. The van der Waals surface area contributed by atoms with E-state index in [-0.39, 0.29) is 29.9 Å². The molecular formula is C20H24ClN5O3S2. The van der Waals surface area contributed by atoms with Crippen LogP contribution in [0.25, 0.3) is 22.3 Å². The number of hydrogen-bond acceptors (Lipinski definition) is 7. The van der Waals surface area contributed by atoms with Crippen molar-refractivity contribution in [2.75, 3.05) is 25.1 Å². The summed E-state index contributed by atoms with van der Waals surface area (Å²) in [6, 6.07) is 5.76. The first-order chi connectivity index (χ1) is 14.7. The van der Waals surface area contributed by atoms with Crippen LogP contribution in [0.5, 0.6) is 0 Å². The van der Waals surface area contributed by atoms with E-state index in [1.807, 2.05) is 31.4 Å². The van der Waals surface area contributed by atoms with Crippen molar-refractivity contribution in [2.45, 2.75) is 25.9 Å². The minimum atomic E-state index is -2.90. The zero-order valence-electron chi connectivity index (χ0n) is 17.1. The lowest BCUT2D eigenvalue weighted by Gasteiger charge is -2.22. The van der Waals surface area contributed by atoms with Crippen LogP contribution in [0.4, 0.5) is 0 Å². The molecule has 166 valence electrons. The highest BCUT2D eigenvalue weighted by atomic mass is 35.5. The molecule has 0 unspecified atom stereocenters. The van der Waals surface area contributed by atoms with Gasteiger partial charge in [-0.1, -0.05) is 23.7 Å². The molecule has 0 atom stereocenters. The smallest absolute Gasteiger partial charge is 0.231 e. The van der Waals surface area contributed by atoms with Crippen molar-refractivity contribution in [1.82, 2.24) is 18.8 Å². The zero-order valence-corrected chi connectivity index (χ0v) is 19.5. The number of hydrogen-bond donors (Lipinski definition) is 1. The number of primary amides is 1. The van der Waals surface area contributed by atoms with Crippen molar-refractivity contribution >= 4 is 49.8 Å². The third-order valence-electron chi connectivity index (χ3n) is 5.52. The second kappa shape index (κ2) is 8.85. The summed E-state index contributed by atoms with van der Waals surface area (Å²) in [6.45, 7) is 1.34. The summed E-state index contributed by atoms with van der Waals surface area (Å²) < 4.78 is 30.2. The summed E-state index contributed by atoms with van der Waals surface area (Å²) >= 11 is 7.84. The van der Waals surface area contributed by atoms with E-state index in [9.17, 15) is 13.2 Å². The first-order valence-electron chi connectivity index (χ1n) is 9.99. The van der Waals surface area contributed by atoms with Crippen molar-refractivity contribution in [3.05, 3.63) is 34.4 Å². The van der Waals surface area contributed by atoms with Gasteiger partial charge in [-0.05, 0) is 43.4 Å². The van der Waals surface area contributed by atoms with Gasteiger partial charge in [-0.15, -0.1) is 0 Å². The Balaban J connectivity index is 1.62. The molecule has 1 saturated heterocycles. The molecule has 8 nitrogen and oxygen atoms in total. The maximum Gasteiger partial charge on any atom is 0.231 e. The van der Waals surface area contributed by atoms with Crippen molar-refractivity contribution < 1.29 is 13.2 Å². The van der Waals surface area contributed by atoms with E-state index in [2.05, 4.69) is 13.9 Å². The molecular weight excluding hydrogens is 458 g/mol. The average Bonchev–Trinajstić information content (AvgIpc) is 3.28. The quantitative estimate of drug-likeness (QED) is 0.555. The minimum absolute atomic E-state index is 0.154. The molecule has 31 heavy (non-hydrogen) atoms. The van der Waals surface area contributed by atoms with Crippen LogP contribution in [-0.2, 0) is 27.7 Å². The van der Waals surface area contributed by atoms with Gasteiger partial charge in [0.25, 0.3) is 0 Å². The summed E-state index contributed by atoms with van der Waals surface area (Å²) in [5, 5.41) is 2.40. The molecule has 0 aliphatic carbocycles. The number of halogens is 1. The number of sulfone groups is 1. The number of rotatable bonds is 7. The summed E-state index contributed by atoms with van der Waals surface area (Å²) in [7, 11) is -1.09. The third-order valence-corrected chi connectivity index (χ3v) is 8.23. The van der Waals surface area contributed by atoms with E-state index < -0.39 is 9.84 Å². The van der Waals surface area contributed by atoms with Gasteiger partial charge < -0.3 is 10.3 Å². The van der Waals surface area contributed by atoms with Gasteiger partial charge in [0.15, 0.2) is 5.82 Å². The Bertz CT molecular complexity index is 1210. The average molecular weight is 482 g/mol. The number of carbonyl (C=O) groups is 1. The van der Waals surface area contributed by atoms with E-state index in [1.165, 1.54) is 11.5 Å². The maximum absolute atomic E-state index is 11.8. The first-order valence-corrected chi connectivity index (χ1v) is 13.0. The summed E-state index contributed by atoms with van der Waals surface area (Å²) in [5.41, 5.74) is 7.05. The second-order valence-corrected chi connectivity index (χ2v) is 11.6. The van der Waals surface area contributed by atoms with Gasteiger partial charge in [0.2, 0.25) is 5.91 Å². The highest BCUT2D eigenvalue weighted by Crippen LogP contribution is 2.35. The molecule has 0 spiro atoms. The van der Waals surface area contributed by atoms with Gasteiger partial charge >= 0.3 is 0 Å². The topological polar surface area (TPSA) is 111 Å². The number of likely N-dealkylation sites (N-methyl/N-ethyl adjacent to an activating group) is 1. The Labute approximate surface area is 190 Å². The fraction of sp³-hybridized carbons (Fsp3) is 0.450. The Morgan fingerprint density at radius 3 is 2.81 bits per heavy atom. The third kappa shape index (κ3) is 5.08. The molecule has 3 aromatic rings. The van der Waals surface area contributed by atoms with Crippen LogP contribution < -0.4 is 5.73 Å². The lowest BCUT2D eigenvalue weighted by Crippen LogP contribution is -2.30. The molecule has 3 heterocycles. The number of nitrogens with two attached hydrogens (primary N) is 1. The Morgan fingerprint density at radius 2 is 2.10 bits per heavy atom. The molecule has 0 saturated carbocycles. The molecule has 2 aromatic heterocycles. The van der Waals surface area contributed by atoms with Gasteiger partial charge in [-0.3, -0.25) is 9.69 Å². The largest absolute Gasteiger partial charge is 0.369 e. The predicted octanol–water partition coefficient (Wildman–Crippen LogP) is 2.56. The van der Waals surface area contributed by atoms with Crippen molar-refractivity contribution in [3.8, 4) is 11.4 Å². The van der Waals surface area contributed by atoms with Gasteiger partial charge in [0, 0.05) is 23.7 Å². The molecule has 0 radical (unpaired) electrons. The predicted molar refractivity (Wildman–Crippen MR) is 123 cm³/mol. The van der Waals surface area contributed by atoms with Gasteiger partial charge in [0.1, 0.15) is 14.8 Å². The number of benzene rings is 1. The Kier molecular flexibility index (Phi) is 6.34. The molecule has 1 fully saturated rings. The second-order valence-electron chi connectivity index (χ2n) is 8.08. The lowest BCUT2D eigenvalue weighted by molar-refractivity contribution is -0.118. The van der Waals surface area contributed by atoms with E-state index in [4.69, 9.17) is 17.3 Å². The molecule has 11 heteroatoms. The van der Waals surface area contributed by atoms with E-state index in [0.717, 1.165) is 21.5 Å². The standard InChI is InChI=1S/C20H24ClN5O3S2/c1-25(11-17(22)27)12-18-23-20(24-30-18)15-10-26(19-14(15)3-2-4-16(19)21)9-13-5-7-31(28,29)8-6-13/h2-4,10,13H,5-9,11-12H2,1H3,(H2,22,27). The fourth-order valence-corrected chi connectivity index (χ4v) is 6.63. The fourth-order valence-electron chi connectivity index (χ4n) is 4.02. The molecule has 1 aliphatic heterocycles. The van der Waals surface area contributed by atoms with Crippen LogP contribution in [-0.4, -0.2) is 58.2 Å². The summed E-state index contributed by atoms with van der Waals surface area (Å²) in [6.07, 6.45) is 3.33. The van der Waals surface area contributed by atoms with Crippen LogP contribution in [0.2, 0.25) is 5.02 Å². The normalized spacial score (nSPS) is 16.9. The molecule has 2 N–H and O–H groups in total. The van der Waals surface area contributed by atoms with Gasteiger partial charge in [0.05, 0.1) is 35.1 Å². The zero-order chi connectivity index (χ0) is 22.2. The molecule has 1 amide bonds. The molecule has 4 rings (SSSR count). The Morgan fingerprint density at radius 1 is 1.35 bits per heavy atom. The van der Waals surface area contributed by atoms with Crippen LogP contribution >= 0.6 is 23.1 Å². The van der Waals surface area contributed by atoms with Crippen LogP contribution in [0.15, 0.2) is 24.4 Å². The van der Waals surface area contributed by atoms with Crippen molar-refractivity contribution in [3.63, 3.8) is 0 Å². The number of aromatic nitrogens is 3. The van der Waals surface area contributed by atoms with E-state index >= 15 is 0 Å². The number of amides is 1. The number of nitrogens with zero attached hydrogens (tertiary/aromatic N) is 4. The number of fused-ring (bicyclic) bond motifs is 1. The van der Waals surface area contributed by atoms with Crippen molar-refractivity contribution in [2.24, 2.45) is 11.7 Å². The van der Waals surface area contributed by atoms with Crippen LogP contribution in [0.3, 0.4) is 0 Å². The SMILES string of the molecule is CN(CC(N)=O)Cc1nc(-c2cn(CC3CCS(=O)(=O)CC3)c3c(Cl)cccc23)ns1. The molecule has 1 aliphatic rings. The van der Waals surface area contributed by atoms with Crippen molar-refractivity contribution in [1.29, 1.82) is 0 Å². The number of carbonyl (C=O) groups excluding carboxylic acids is 1. The molecule has 1 aromatic carbocycles.